The SMILES string of the molecule is CC(C)CC(NC(=O)C(CCC(N)=O)NC(=O)C(N)C(C)C)C(=O)NC(C)C(=O)O. The molecule has 4 atom stereocenters. The molecule has 0 radical (unpaired) electrons. The van der Waals surface area contributed by atoms with E-state index in [1.165, 1.54) is 6.92 Å². The Morgan fingerprint density at radius 2 is 1.33 bits per heavy atom. The molecule has 0 heterocycles. The van der Waals surface area contributed by atoms with Crippen LogP contribution in [0.2, 0.25) is 0 Å². The Balaban J connectivity index is 5.42. The second kappa shape index (κ2) is 12.8. The van der Waals surface area contributed by atoms with Crippen LogP contribution < -0.4 is 27.4 Å². The summed E-state index contributed by atoms with van der Waals surface area (Å²) >= 11 is 0. The van der Waals surface area contributed by atoms with Crippen LogP contribution in [-0.2, 0) is 24.0 Å². The fourth-order valence-electron chi connectivity index (χ4n) is 2.48. The van der Waals surface area contributed by atoms with Crippen LogP contribution in [0.3, 0.4) is 0 Å². The lowest BCUT2D eigenvalue weighted by Crippen LogP contribution is -2.57. The number of hydrogen-bond acceptors (Lipinski definition) is 6. The second-order valence-electron chi connectivity index (χ2n) is 8.10. The van der Waals surface area contributed by atoms with Crippen LogP contribution in [0.1, 0.15) is 53.9 Å². The van der Waals surface area contributed by atoms with E-state index in [0.29, 0.717) is 0 Å². The van der Waals surface area contributed by atoms with Crippen LogP contribution in [0.25, 0.3) is 0 Å². The van der Waals surface area contributed by atoms with Crippen molar-refractivity contribution < 1.29 is 29.1 Å². The number of carboxylic acid groups (broad SMARTS) is 1. The van der Waals surface area contributed by atoms with Gasteiger partial charge in [0.1, 0.15) is 18.1 Å². The van der Waals surface area contributed by atoms with Gasteiger partial charge in [-0.2, -0.15) is 0 Å². The third-order valence-electron chi connectivity index (χ3n) is 4.40. The lowest BCUT2D eigenvalue weighted by Gasteiger charge is -2.26. The molecule has 0 aromatic rings. The minimum Gasteiger partial charge on any atom is -0.480 e. The van der Waals surface area contributed by atoms with Crippen LogP contribution in [0.5, 0.6) is 0 Å². The van der Waals surface area contributed by atoms with Gasteiger partial charge in [0.15, 0.2) is 0 Å². The van der Waals surface area contributed by atoms with Gasteiger partial charge in [-0.3, -0.25) is 24.0 Å². The lowest BCUT2D eigenvalue weighted by molar-refractivity contribution is -0.142. The molecule has 30 heavy (non-hydrogen) atoms. The zero-order chi connectivity index (χ0) is 23.6. The number of carbonyl (C=O) groups excluding carboxylic acids is 4. The van der Waals surface area contributed by atoms with Crippen LogP contribution in [0.4, 0.5) is 0 Å². The number of aliphatic carboxylic acids is 1. The van der Waals surface area contributed by atoms with Crippen molar-refractivity contribution in [2.24, 2.45) is 23.3 Å². The maximum atomic E-state index is 12.8. The minimum absolute atomic E-state index is 0.00853. The zero-order valence-corrected chi connectivity index (χ0v) is 18.2. The average molecular weight is 430 g/mol. The first-order valence-corrected chi connectivity index (χ1v) is 9.94. The summed E-state index contributed by atoms with van der Waals surface area (Å²) in [6, 6.07) is -4.15. The summed E-state index contributed by atoms with van der Waals surface area (Å²) in [4.78, 5) is 59.7. The molecule has 0 aliphatic carbocycles. The number of carbonyl (C=O) groups is 5. The number of nitrogens with two attached hydrogens (primary N) is 2. The monoisotopic (exact) mass is 429 g/mol. The molecule has 0 rings (SSSR count). The minimum atomic E-state index is -1.22. The molecule has 4 unspecified atom stereocenters. The van der Waals surface area contributed by atoms with Crippen molar-refractivity contribution in [2.75, 3.05) is 0 Å². The van der Waals surface area contributed by atoms with E-state index < -0.39 is 53.8 Å². The standard InChI is InChI=1S/C19H35N5O6/c1-9(2)8-13(17(27)22-11(5)19(29)30)24-16(26)12(6-7-14(20)25)23-18(28)15(21)10(3)4/h9-13,15H,6-8,21H2,1-5H3,(H2,20,25)(H,22,27)(H,23,28)(H,24,26)(H,29,30). The highest BCUT2D eigenvalue weighted by Crippen LogP contribution is 2.08. The third kappa shape index (κ3) is 10.2. The van der Waals surface area contributed by atoms with E-state index in [-0.39, 0.29) is 31.1 Å². The maximum Gasteiger partial charge on any atom is 0.325 e. The molecule has 0 fully saturated rings. The molecule has 0 aliphatic heterocycles. The molecule has 11 heteroatoms. The smallest absolute Gasteiger partial charge is 0.325 e. The van der Waals surface area contributed by atoms with E-state index in [4.69, 9.17) is 16.6 Å². The maximum absolute atomic E-state index is 12.8. The number of carboxylic acids is 1. The largest absolute Gasteiger partial charge is 0.480 e. The van der Waals surface area contributed by atoms with E-state index >= 15 is 0 Å². The van der Waals surface area contributed by atoms with Gasteiger partial charge in [-0.25, -0.2) is 0 Å². The first-order chi connectivity index (χ1) is 13.8. The quantitative estimate of drug-likeness (QED) is 0.212. The Morgan fingerprint density at radius 3 is 1.77 bits per heavy atom. The van der Waals surface area contributed by atoms with E-state index in [9.17, 15) is 24.0 Å². The highest BCUT2D eigenvalue weighted by atomic mass is 16.4. The van der Waals surface area contributed by atoms with Gasteiger partial charge in [0.25, 0.3) is 0 Å². The van der Waals surface area contributed by atoms with Crippen molar-refractivity contribution in [1.82, 2.24) is 16.0 Å². The van der Waals surface area contributed by atoms with Crippen LogP contribution in [-0.4, -0.2) is 58.9 Å². The van der Waals surface area contributed by atoms with E-state index in [1.807, 2.05) is 13.8 Å². The Bertz CT molecular complexity index is 637. The zero-order valence-electron chi connectivity index (χ0n) is 18.2. The summed E-state index contributed by atoms with van der Waals surface area (Å²) in [6.07, 6.45) is 0.0115. The normalized spacial score (nSPS) is 15.1. The summed E-state index contributed by atoms with van der Waals surface area (Å²) in [7, 11) is 0. The Labute approximate surface area is 176 Å². The van der Waals surface area contributed by atoms with Crippen molar-refractivity contribution in [3.63, 3.8) is 0 Å². The Hall–Kier alpha value is -2.69. The van der Waals surface area contributed by atoms with Crippen LogP contribution in [0.15, 0.2) is 0 Å². The molecule has 8 N–H and O–H groups in total. The van der Waals surface area contributed by atoms with E-state index in [0.717, 1.165) is 0 Å². The summed E-state index contributed by atoms with van der Waals surface area (Å²) in [5, 5.41) is 16.3. The topological polar surface area (TPSA) is 194 Å². The molecule has 0 spiro atoms. The molecule has 11 nitrogen and oxygen atoms in total. The number of nitrogens with one attached hydrogen (secondary N) is 3. The number of amides is 4. The molecule has 0 aromatic carbocycles. The highest BCUT2D eigenvalue weighted by Gasteiger charge is 2.30. The molecular weight excluding hydrogens is 394 g/mol. The molecule has 0 saturated carbocycles. The van der Waals surface area contributed by atoms with Crippen molar-refractivity contribution in [1.29, 1.82) is 0 Å². The van der Waals surface area contributed by atoms with Gasteiger partial charge < -0.3 is 32.5 Å². The van der Waals surface area contributed by atoms with Crippen molar-refractivity contribution in [3.05, 3.63) is 0 Å². The van der Waals surface area contributed by atoms with Crippen molar-refractivity contribution in [2.45, 2.75) is 78.0 Å². The van der Waals surface area contributed by atoms with Gasteiger partial charge in [-0.05, 0) is 31.6 Å². The van der Waals surface area contributed by atoms with Crippen molar-refractivity contribution in [3.8, 4) is 0 Å². The van der Waals surface area contributed by atoms with Crippen LogP contribution >= 0.6 is 0 Å². The fraction of sp³-hybridized carbons (Fsp3) is 0.737. The fourth-order valence-corrected chi connectivity index (χ4v) is 2.48. The summed E-state index contributed by atoms with van der Waals surface area (Å²) in [6.45, 7) is 8.46. The predicted octanol–water partition coefficient (Wildman–Crippen LogP) is -1.16. The number of primary amides is 1. The number of hydrogen-bond donors (Lipinski definition) is 6. The molecular formula is C19H35N5O6. The average Bonchev–Trinajstić information content (AvgIpc) is 2.62. The lowest BCUT2D eigenvalue weighted by atomic mass is 10.0. The summed E-state index contributed by atoms with van der Waals surface area (Å²) in [5.41, 5.74) is 11.0. The van der Waals surface area contributed by atoms with Gasteiger partial charge >= 0.3 is 5.97 Å². The summed E-state index contributed by atoms with van der Waals surface area (Å²) < 4.78 is 0. The van der Waals surface area contributed by atoms with Crippen LogP contribution in [0, 0.1) is 11.8 Å². The van der Waals surface area contributed by atoms with Gasteiger partial charge in [-0.1, -0.05) is 27.7 Å². The van der Waals surface area contributed by atoms with E-state index in [2.05, 4.69) is 16.0 Å². The second-order valence-corrected chi connectivity index (χ2v) is 8.10. The summed E-state index contributed by atoms with van der Waals surface area (Å²) in [5.74, 6) is -3.96. The molecule has 0 bridgehead atoms. The molecule has 4 amide bonds. The van der Waals surface area contributed by atoms with Gasteiger partial charge in [-0.15, -0.1) is 0 Å². The van der Waals surface area contributed by atoms with E-state index in [1.54, 1.807) is 13.8 Å². The van der Waals surface area contributed by atoms with Gasteiger partial charge in [0, 0.05) is 6.42 Å². The number of rotatable bonds is 13. The first kappa shape index (κ1) is 27.3. The van der Waals surface area contributed by atoms with Gasteiger partial charge in [0.2, 0.25) is 23.6 Å². The predicted molar refractivity (Wildman–Crippen MR) is 110 cm³/mol. The van der Waals surface area contributed by atoms with Gasteiger partial charge in [0.05, 0.1) is 6.04 Å². The Morgan fingerprint density at radius 1 is 0.833 bits per heavy atom. The Kier molecular flexibility index (Phi) is 11.6. The van der Waals surface area contributed by atoms with Crippen molar-refractivity contribution >= 4 is 29.6 Å². The third-order valence-corrected chi connectivity index (χ3v) is 4.40. The molecule has 0 aliphatic rings. The first-order valence-electron chi connectivity index (χ1n) is 9.94. The molecule has 0 saturated heterocycles. The molecule has 172 valence electrons. The highest BCUT2D eigenvalue weighted by molar-refractivity contribution is 5.94. The molecule has 0 aromatic heterocycles.